The first-order valence-corrected chi connectivity index (χ1v) is 6.95. The van der Waals surface area contributed by atoms with Gasteiger partial charge in [0.2, 0.25) is 0 Å². The Morgan fingerprint density at radius 1 is 1.35 bits per heavy atom. The minimum absolute atomic E-state index is 0.172. The molecule has 1 aliphatic carbocycles. The van der Waals surface area contributed by atoms with Gasteiger partial charge in [0, 0.05) is 18.7 Å². The Bertz CT molecular complexity index is 519. The maximum atomic E-state index is 13.8. The maximum absolute atomic E-state index is 13.8. The first-order valence-electron chi connectivity index (χ1n) is 6.95. The van der Waals surface area contributed by atoms with E-state index in [-0.39, 0.29) is 17.8 Å². The van der Waals surface area contributed by atoms with Crippen LogP contribution in [-0.2, 0) is 4.74 Å². The van der Waals surface area contributed by atoms with Crippen LogP contribution in [0.25, 0.3) is 0 Å². The van der Waals surface area contributed by atoms with Gasteiger partial charge in [-0.1, -0.05) is 0 Å². The fourth-order valence-electron chi connectivity index (χ4n) is 2.71. The van der Waals surface area contributed by atoms with Gasteiger partial charge in [-0.2, -0.15) is 0 Å². The monoisotopic (exact) mass is 280 g/mol. The van der Waals surface area contributed by atoms with E-state index < -0.39 is 10.7 Å². The van der Waals surface area contributed by atoms with E-state index in [0.29, 0.717) is 18.2 Å². The predicted octanol–water partition coefficient (Wildman–Crippen LogP) is 3.10. The molecule has 6 heteroatoms. The van der Waals surface area contributed by atoms with Crippen molar-refractivity contribution in [3.63, 3.8) is 0 Å². The molecular weight excluding hydrogens is 263 g/mol. The summed E-state index contributed by atoms with van der Waals surface area (Å²) in [5, 5.41) is 13.7. The molecule has 1 aromatic rings. The summed E-state index contributed by atoms with van der Waals surface area (Å²) in [4.78, 5) is 9.99. The van der Waals surface area contributed by atoms with Gasteiger partial charge in [-0.05, 0) is 37.7 Å². The summed E-state index contributed by atoms with van der Waals surface area (Å²) in [6, 6.07) is 3.89. The fraction of sp³-hybridized carbons (Fsp3) is 0.571. The number of anilines is 1. The quantitative estimate of drug-likeness (QED) is 0.680. The number of nitrogens with one attached hydrogen (secondary N) is 1. The van der Waals surface area contributed by atoms with Crippen LogP contribution in [0, 0.1) is 21.8 Å². The molecule has 2 fully saturated rings. The predicted molar refractivity (Wildman–Crippen MR) is 72.2 cm³/mol. The summed E-state index contributed by atoms with van der Waals surface area (Å²) in [7, 11) is 0. The molecule has 2 unspecified atom stereocenters. The van der Waals surface area contributed by atoms with Gasteiger partial charge in [-0.25, -0.2) is 4.39 Å². The van der Waals surface area contributed by atoms with E-state index >= 15 is 0 Å². The first kappa shape index (κ1) is 13.3. The molecule has 0 spiro atoms. The molecule has 20 heavy (non-hydrogen) atoms. The smallest absolute Gasteiger partial charge is 0.272 e. The molecule has 5 nitrogen and oxygen atoms in total. The van der Waals surface area contributed by atoms with E-state index in [2.05, 4.69) is 5.32 Å². The van der Waals surface area contributed by atoms with Crippen LogP contribution in [0.1, 0.15) is 25.7 Å². The van der Waals surface area contributed by atoms with Crippen LogP contribution in [0.2, 0.25) is 0 Å². The molecule has 2 atom stereocenters. The molecule has 0 bridgehead atoms. The van der Waals surface area contributed by atoms with Crippen LogP contribution in [0.15, 0.2) is 18.2 Å². The molecule has 1 saturated carbocycles. The third-order valence-corrected chi connectivity index (χ3v) is 3.99. The van der Waals surface area contributed by atoms with Gasteiger partial charge in [0.25, 0.3) is 5.69 Å². The molecule has 2 aliphatic rings. The Hall–Kier alpha value is -1.69. The van der Waals surface area contributed by atoms with Crippen molar-refractivity contribution in [3.05, 3.63) is 34.1 Å². The zero-order valence-corrected chi connectivity index (χ0v) is 11.0. The lowest BCUT2D eigenvalue weighted by Gasteiger charge is -2.31. The average Bonchev–Trinajstić information content (AvgIpc) is 3.25. The average molecular weight is 280 g/mol. The Kier molecular flexibility index (Phi) is 3.56. The number of non-ortho nitro benzene ring substituents is 1. The van der Waals surface area contributed by atoms with Gasteiger partial charge in [0.1, 0.15) is 0 Å². The van der Waals surface area contributed by atoms with Crippen molar-refractivity contribution >= 4 is 11.4 Å². The molecular formula is C14H17FN2O3. The number of rotatable bonds is 4. The molecule has 0 amide bonds. The Balaban J connectivity index is 1.66. The van der Waals surface area contributed by atoms with Crippen LogP contribution in [0.5, 0.6) is 0 Å². The van der Waals surface area contributed by atoms with Crippen molar-refractivity contribution < 1.29 is 14.1 Å². The second-order valence-electron chi connectivity index (χ2n) is 5.53. The minimum atomic E-state index is -0.593. The first-order chi connectivity index (χ1) is 9.63. The highest BCUT2D eigenvalue weighted by Gasteiger charge is 2.36. The Labute approximate surface area is 116 Å². The fourth-order valence-corrected chi connectivity index (χ4v) is 2.71. The molecule has 0 aromatic heterocycles. The highest BCUT2D eigenvalue weighted by molar-refractivity contribution is 5.50. The zero-order chi connectivity index (χ0) is 14.1. The van der Waals surface area contributed by atoms with Crippen LogP contribution in [0.3, 0.4) is 0 Å². The largest absolute Gasteiger partial charge is 0.380 e. The van der Waals surface area contributed by atoms with Gasteiger partial charge in [0.05, 0.1) is 22.8 Å². The topological polar surface area (TPSA) is 64.4 Å². The van der Waals surface area contributed by atoms with Gasteiger partial charge in [-0.15, -0.1) is 0 Å². The number of hydrogen-bond donors (Lipinski definition) is 1. The van der Waals surface area contributed by atoms with Crippen molar-refractivity contribution in [1.29, 1.82) is 0 Å². The van der Waals surface area contributed by atoms with Crippen molar-refractivity contribution in [3.8, 4) is 0 Å². The number of hydrogen-bond acceptors (Lipinski definition) is 4. The van der Waals surface area contributed by atoms with Gasteiger partial charge in [0.15, 0.2) is 5.82 Å². The van der Waals surface area contributed by atoms with E-state index in [0.717, 1.165) is 18.9 Å². The van der Waals surface area contributed by atoms with E-state index in [1.807, 2.05) is 0 Å². The minimum Gasteiger partial charge on any atom is -0.380 e. The standard InChI is InChI=1S/C14H17FN2O3/c15-12-8-11(17(18)19)3-4-13(12)16-10-5-6-20-14(7-10)9-1-2-9/h3-4,8-10,14,16H,1-2,5-7H2. The number of nitro groups is 1. The van der Waals surface area contributed by atoms with Crippen molar-refractivity contribution in [2.24, 2.45) is 5.92 Å². The third-order valence-electron chi connectivity index (χ3n) is 3.99. The highest BCUT2D eigenvalue weighted by Crippen LogP contribution is 2.38. The number of halogens is 1. The highest BCUT2D eigenvalue weighted by atomic mass is 19.1. The SMILES string of the molecule is O=[N+]([O-])c1ccc(NC2CCOC(C3CC3)C2)c(F)c1. The molecule has 1 saturated heterocycles. The number of ether oxygens (including phenoxy) is 1. The van der Waals surface area contributed by atoms with Crippen LogP contribution < -0.4 is 5.32 Å². The molecule has 1 aliphatic heterocycles. The van der Waals surface area contributed by atoms with Crippen molar-refractivity contribution in [2.45, 2.75) is 37.8 Å². The van der Waals surface area contributed by atoms with Crippen LogP contribution in [0.4, 0.5) is 15.8 Å². The second-order valence-corrected chi connectivity index (χ2v) is 5.53. The van der Waals surface area contributed by atoms with Crippen molar-refractivity contribution in [2.75, 3.05) is 11.9 Å². The van der Waals surface area contributed by atoms with Gasteiger partial charge < -0.3 is 10.1 Å². The lowest BCUT2D eigenvalue weighted by atomic mass is 10.00. The Morgan fingerprint density at radius 3 is 2.80 bits per heavy atom. The van der Waals surface area contributed by atoms with Gasteiger partial charge in [-0.3, -0.25) is 10.1 Å². The summed E-state index contributed by atoms with van der Waals surface area (Å²) < 4.78 is 19.6. The van der Waals surface area contributed by atoms with E-state index in [4.69, 9.17) is 4.74 Å². The molecule has 1 N–H and O–H groups in total. The summed E-state index contributed by atoms with van der Waals surface area (Å²) in [5.74, 6) is 0.0926. The van der Waals surface area contributed by atoms with Crippen LogP contribution >= 0.6 is 0 Å². The summed E-state index contributed by atoms with van der Waals surface area (Å²) in [6.45, 7) is 0.688. The number of nitro benzene ring substituents is 1. The Morgan fingerprint density at radius 2 is 2.15 bits per heavy atom. The number of benzene rings is 1. The molecule has 108 valence electrons. The zero-order valence-electron chi connectivity index (χ0n) is 11.0. The summed E-state index contributed by atoms with van der Waals surface area (Å²) >= 11 is 0. The second kappa shape index (κ2) is 5.36. The van der Waals surface area contributed by atoms with E-state index in [9.17, 15) is 14.5 Å². The van der Waals surface area contributed by atoms with E-state index in [1.165, 1.54) is 25.0 Å². The lowest BCUT2D eigenvalue weighted by molar-refractivity contribution is -0.385. The van der Waals surface area contributed by atoms with Crippen molar-refractivity contribution in [1.82, 2.24) is 0 Å². The summed E-state index contributed by atoms with van der Waals surface area (Å²) in [6.07, 6.45) is 4.44. The molecule has 3 rings (SSSR count). The van der Waals surface area contributed by atoms with Gasteiger partial charge >= 0.3 is 0 Å². The molecule has 1 heterocycles. The summed E-state index contributed by atoms with van der Waals surface area (Å²) in [5.41, 5.74) is 0.105. The third kappa shape index (κ3) is 2.90. The van der Waals surface area contributed by atoms with Crippen LogP contribution in [-0.4, -0.2) is 23.7 Å². The molecule has 0 radical (unpaired) electrons. The lowest BCUT2D eigenvalue weighted by Crippen LogP contribution is -2.35. The maximum Gasteiger partial charge on any atom is 0.272 e. The normalized spacial score (nSPS) is 26.2. The number of nitrogens with zero attached hydrogens (tertiary/aromatic N) is 1. The molecule has 1 aromatic carbocycles. The van der Waals surface area contributed by atoms with E-state index in [1.54, 1.807) is 0 Å².